The van der Waals surface area contributed by atoms with Crippen molar-refractivity contribution in [3.63, 3.8) is 0 Å². The fourth-order valence-electron chi connectivity index (χ4n) is 0.671. The van der Waals surface area contributed by atoms with Crippen LogP contribution >= 0.6 is 0 Å². The van der Waals surface area contributed by atoms with Crippen LogP contribution in [0.5, 0.6) is 0 Å². The van der Waals surface area contributed by atoms with Crippen molar-refractivity contribution in [1.29, 1.82) is 0 Å². The van der Waals surface area contributed by atoms with Gasteiger partial charge in [0.2, 0.25) is 0 Å². The summed E-state index contributed by atoms with van der Waals surface area (Å²) < 4.78 is 0. The molecule has 0 aliphatic heterocycles. The van der Waals surface area contributed by atoms with Crippen molar-refractivity contribution < 1.29 is 0 Å². The Bertz CT molecular complexity index is 53.0. The summed E-state index contributed by atoms with van der Waals surface area (Å²) in [6, 6.07) is 0. The third-order valence-corrected chi connectivity index (χ3v) is 1.34. The van der Waals surface area contributed by atoms with Crippen molar-refractivity contribution in [3.05, 3.63) is 16.0 Å². The maximum atomic E-state index is 3.97. The van der Waals surface area contributed by atoms with Crippen LogP contribution in [-0.4, -0.2) is 47.7 Å². The van der Waals surface area contributed by atoms with Crippen LogP contribution < -0.4 is 0 Å². The van der Waals surface area contributed by atoms with E-state index in [9.17, 15) is 0 Å². The molecule has 0 atom stereocenters. The average Bonchev–Trinajstić information content (AvgIpc) is 2.23. The summed E-state index contributed by atoms with van der Waals surface area (Å²) in [6.07, 6.45) is 0. The van der Waals surface area contributed by atoms with E-state index in [1.165, 1.54) is 0 Å². The molecule has 0 aromatic rings. The van der Waals surface area contributed by atoms with Gasteiger partial charge in [0.05, 0.1) is 0 Å². The Morgan fingerprint density at radius 2 is 0.562 bits per heavy atom. The number of nitrogens with zero attached hydrogens (tertiary/aromatic N) is 3. The zero-order valence-corrected chi connectivity index (χ0v) is 12.2. The molecule has 0 aromatic carbocycles. The fraction of sp³-hybridized carbons (Fsp3) is 1.00. The minimum Gasteiger partial charge on any atom is -0.663 e. The molecule has 0 N–H and O–H groups in total. The van der Waals surface area contributed by atoms with Gasteiger partial charge in [-0.3, -0.25) is 0 Å². The molecule has 16 heavy (non-hydrogen) atoms. The molecule has 0 rings (SSSR count). The minimum absolute atomic E-state index is 0. The molecule has 0 fully saturated rings. The van der Waals surface area contributed by atoms with Gasteiger partial charge in [0, 0.05) is 0 Å². The zero-order chi connectivity index (χ0) is 12.4. The average molecular weight is 227 g/mol. The van der Waals surface area contributed by atoms with Gasteiger partial charge < -0.3 is 16.0 Å². The maximum Gasteiger partial charge on any atom is 3.00 e. The Labute approximate surface area is 106 Å². The van der Waals surface area contributed by atoms with E-state index in [0.29, 0.717) is 0 Å². The fourth-order valence-corrected chi connectivity index (χ4v) is 0.671. The van der Waals surface area contributed by atoms with E-state index in [0.717, 1.165) is 39.3 Å². The quantitative estimate of drug-likeness (QED) is 0.619. The van der Waals surface area contributed by atoms with E-state index in [1.54, 1.807) is 0 Å². The molecular weight excluding hydrogens is 197 g/mol. The van der Waals surface area contributed by atoms with Crippen molar-refractivity contribution in [2.45, 2.75) is 41.5 Å². The second-order valence-electron chi connectivity index (χ2n) is 2.57. The van der Waals surface area contributed by atoms with Crippen LogP contribution in [0.2, 0.25) is 0 Å². The molecule has 0 unspecified atom stereocenters. The van der Waals surface area contributed by atoms with Gasteiger partial charge in [0.25, 0.3) is 0 Å². The first-order valence-corrected chi connectivity index (χ1v) is 6.14. The van der Waals surface area contributed by atoms with Crippen LogP contribution in [-0.2, 0) is 0 Å². The van der Waals surface area contributed by atoms with E-state index in [4.69, 9.17) is 0 Å². The molecule has 3 nitrogen and oxygen atoms in total. The Hall–Kier alpha value is -0.0551. The molecular formula is C12H30BN3. The summed E-state index contributed by atoms with van der Waals surface area (Å²) in [4.78, 5) is 0. The van der Waals surface area contributed by atoms with Gasteiger partial charge in [0.1, 0.15) is 0 Å². The van der Waals surface area contributed by atoms with Crippen LogP contribution in [0, 0.1) is 0 Å². The molecule has 0 aliphatic carbocycles. The smallest absolute Gasteiger partial charge is 0.663 e. The predicted octanol–water partition coefficient (Wildman–Crippen LogP) is 3.82. The maximum absolute atomic E-state index is 3.97. The van der Waals surface area contributed by atoms with Gasteiger partial charge in [-0.25, -0.2) is 0 Å². The van der Waals surface area contributed by atoms with Crippen LogP contribution in [0.4, 0.5) is 0 Å². The number of hydrogen-bond acceptors (Lipinski definition) is 0. The van der Waals surface area contributed by atoms with Crippen LogP contribution in [0.15, 0.2) is 0 Å². The van der Waals surface area contributed by atoms with Gasteiger partial charge in [-0.15, -0.1) is 0 Å². The predicted molar refractivity (Wildman–Crippen MR) is 79.1 cm³/mol. The van der Waals surface area contributed by atoms with Gasteiger partial charge in [-0.1, -0.05) is 41.5 Å². The Kier molecular flexibility index (Phi) is 56.7. The molecule has 0 heterocycles. The summed E-state index contributed by atoms with van der Waals surface area (Å²) in [5.41, 5.74) is 0. The molecule has 0 amide bonds. The van der Waals surface area contributed by atoms with Crippen LogP contribution in [0.3, 0.4) is 0 Å². The van der Waals surface area contributed by atoms with E-state index in [2.05, 4.69) is 16.0 Å². The van der Waals surface area contributed by atoms with Gasteiger partial charge in [-0.2, -0.15) is 39.3 Å². The van der Waals surface area contributed by atoms with Crippen LogP contribution in [0.1, 0.15) is 41.5 Å². The topological polar surface area (TPSA) is 42.3 Å². The Morgan fingerprint density at radius 1 is 0.438 bits per heavy atom. The van der Waals surface area contributed by atoms with Crippen molar-refractivity contribution >= 4 is 8.41 Å². The first kappa shape index (κ1) is 25.0. The molecule has 0 saturated carbocycles. The van der Waals surface area contributed by atoms with E-state index < -0.39 is 0 Å². The van der Waals surface area contributed by atoms with Crippen molar-refractivity contribution in [1.82, 2.24) is 0 Å². The van der Waals surface area contributed by atoms with Gasteiger partial charge >= 0.3 is 8.41 Å². The summed E-state index contributed by atoms with van der Waals surface area (Å²) in [7, 11) is 0. The number of rotatable bonds is 6. The molecule has 4 heteroatoms. The summed E-state index contributed by atoms with van der Waals surface area (Å²) >= 11 is 0. The molecule has 0 aliphatic rings. The number of hydrogen-bond donors (Lipinski definition) is 0. The largest absolute Gasteiger partial charge is 3.00 e. The second kappa shape index (κ2) is 36.3. The van der Waals surface area contributed by atoms with E-state index >= 15 is 0 Å². The normalized spacial score (nSPS) is 7.88. The summed E-state index contributed by atoms with van der Waals surface area (Å²) in [6.45, 7) is 18.1. The standard InChI is InChI=1S/3C4H10N.B/c3*1-3-5-4-2;/h3*3-4H2,1-2H3;/q3*-1;+3. The molecule has 0 aromatic heterocycles. The first-order chi connectivity index (χ1) is 7.24. The van der Waals surface area contributed by atoms with E-state index in [1.807, 2.05) is 41.5 Å². The molecule has 96 valence electrons. The third kappa shape index (κ3) is 66.1. The third-order valence-electron chi connectivity index (χ3n) is 1.34. The van der Waals surface area contributed by atoms with Gasteiger partial charge in [-0.05, 0) is 0 Å². The Morgan fingerprint density at radius 3 is 0.562 bits per heavy atom. The van der Waals surface area contributed by atoms with Crippen molar-refractivity contribution in [2.24, 2.45) is 0 Å². The molecule has 0 spiro atoms. The molecule has 0 saturated heterocycles. The second-order valence-corrected chi connectivity index (χ2v) is 2.57. The summed E-state index contributed by atoms with van der Waals surface area (Å²) in [5, 5.41) is 11.9. The summed E-state index contributed by atoms with van der Waals surface area (Å²) in [5.74, 6) is 0. The first-order valence-electron chi connectivity index (χ1n) is 6.14. The van der Waals surface area contributed by atoms with Crippen molar-refractivity contribution in [2.75, 3.05) is 39.3 Å². The molecule has 0 bridgehead atoms. The van der Waals surface area contributed by atoms with Gasteiger partial charge in [0.15, 0.2) is 0 Å². The van der Waals surface area contributed by atoms with Crippen LogP contribution in [0.25, 0.3) is 16.0 Å². The zero-order valence-electron chi connectivity index (χ0n) is 12.2. The Balaban J connectivity index is -0.0000000655. The van der Waals surface area contributed by atoms with E-state index in [-0.39, 0.29) is 8.41 Å². The monoisotopic (exact) mass is 227 g/mol. The minimum atomic E-state index is 0. The van der Waals surface area contributed by atoms with Crippen molar-refractivity contribution in [3.8, 4) is 0 Å². The SMILES string of the molecule is CC[N-]CC.CC[N-]CC.CC[N-]CC.[B+3]. The molecule has 0 radical (unpaired) electrons.